The van der Waals surface area contributed by atoms with Gasteiger partial charge in [-0.25, -0.2) is 4.79 Å². The zero-order valence-electron chi connectivity index (χ0n) is 14.7. The Labute approximate surface area is 151 Å². The lowest BCUT2D eigenvalue weighted by atomic mass is 10.0. The summed E-state index contributed by atoms with van der Waals surface area (Å²) < 4.78 is 0. The number of nitrogens with one attached hydrogen (secondary N) is 2. The molecule has 0 aromatic carbocycles. The molecule has 0 heterocycles. The summed E-state index contributed by atoms with van der Waals surface area (Å²) in [4.78, 5) is 46.2. The molecule has 0 saturated heterocycles. The number of rotatable bonds is 12. The van der Waals surface area contributed by atoms with Crippen molar-refractivity contribution >= 4 is 35.5 Å². The highest BCUT2D eigenvalue weighted by Crippen LogP contribution is 2.06. The minimum absolute atomic E-state index is 0.0538. The van der Waals surface area contributed by atoms with Crippen LogP contribution in [-0.2, 0) is 19.2 Å². The molecule has 9 nitrogen and oxygen atoms in total. The van der Waals surface area contributed by atoms with Crippen molar-refractivity contribution in [2.75, 3.05) is 12.0 Å². The van der Waals surface area contributed by atoms with E-state index in [9.17, 15) is 19.2 Å². The second-order valence-corrected chi connectivity index (χ2v) is 6.94. The van der Waals surface area contributed by atoms with Crippen molar-refractivity contribution in [2.24, 2.45) is 11.7 Å². The lowest BCUT2D eigenvalue weighted by Gasteiger charge is -2.24. The molecule has 0 bridgehead atoms. The number of amides is 2. The van der Waals surface area contributed by atoms with Gasteiger partial charge in [-0.05, 0) is 30.8 Å². The SMILES string of the molecule is CSCCC(NC(=O)C(N)CCC(=O)O)C(=O)NC(C(=O)O)C(C)C. The van der Waals surface area contributed by atoms with Crippen molar-refractivity contribution in [1.29, 1.82) is 0 Å². The summed E-state index contributed by atoms with van der Waals surface area (Å²) in [7, 11) is 0. The molecule has 0 fully saturated rings. The van der Waals surface area contributed by atoms with Gasteiger partial charge in [0.1, 0.15) is 12.1 Å². The fourth-order valence-corrected chi connectivity index (χ4v) is 2.43. The Morgan fingerprint density at radius 3 is 2.08 bits per heavy atom. The van der Waals surface area contributed by atoms with Crippen molar-refractivity contribution in [3.8, 4) is 0 Å². The van der Waals surface area contributed by atoms with Gasteiger partial charge in [0.15, 0.2) is 0 Å². The molecule has 0 saturated carbocycles. The van der Waals surface area contributed by atoms with Crippen LogP contribution < -0.4 is 16.4 Å². The molecular weight excluding hydrogens is 350 g/mol. The van der Waals surface area contributed by atoms with E-state index < -0.39 is 41.9 Å². The van der Waals surface area contributed by atoms with Crippen molar-refractivity contribution in [3.63, 3.8) is 0 Å². The Bertz CT molecular complexity index is 486. The summed E-state index contributed by atoms with van der Waals surface area (Å²) in [5, 5.41) is 22.7. The first-order valence-corrected chi connectivity index (χ1v) is 9.29. The fourth-order valence-electron chi connectivity index (χ4n) is 1.96. The van der Waals surface area contributed by atoms with E-state index in [-0.39, 0.29) is 18.8 Å². The monoisotopic (exact) mass is 377 g/mol. The lowest BCUT2D eigenvalue weighted by molar-refractivity contribution is -0.143. The third-order valence-corrected chi connectivity index (χ3v) is 4.12. The molecule has 2 amide bonds. The molecule has 0 aliphatic carbocycles. The normalized spacial score (nSPS) is 14.4. The van der Waals surface area contributed by atoms with E-state index >= 15 is 0 Å². The van der Waals surface area contributed by atoms with E-state index in [4.69, 9.17) is 15.9 Å². The molecule has 0 aliphatic rings. The van der Waals surface area contributed by atoms with E-state index in [0.29, 0.717) is 12.2 Å². The predicted octanol–water partition coefficient (Wildman–Crippen LogP) is -0.358. The van der Waals surface area contributed by atoms with Gasteiger partial charge < -0.3 is 26.6 Å². The van der Waals surface area contributed by atoms with Crippen molar-refractivity contribution in [1.82, 2.24) is 10.6 Å². The minimum Gasteiger partial charge on any atom is -0.481 e. The number of nitrogens with two attached hydrogens (primary N) is 1. The van der Waals surface area contributed by atoms with Crippen LogP contribution in [0.1, 0.15) is 33.1 Å². The van der Waals surface area contributed by atoms with Gasteiger partial charge in [-0.2, -0.15) is 11.8 Å². The second-order valence-electron chi connectivity index (χ2n) is 5.95. The third-order valence-electron chi connectivity index (χ3n) is 3.48. The number of carboxylic acids is 2. The minimum atomic E-state index is -1.16. The molecule has 0 aromatic heterocycles. The van der Waals surface area contributed by atoms with Crippen molar-refractivity contribution < 1.29 is 29.4 Å². The first kappa shape index (κ1) is 23.2. The molecule has 0 radical (unpaired) electrons. The topological polar surface area (TPSA) is 159 Å². The number of hydrogen-bond acceptors (Lipinski definition) is 6. The lowest BCUT2D eigenvalue weighted by Crippen LogP contribution is -2.55. The average Bonchev–Trinajstić information content (AvgIpc) is 2.52. The highest BCUT2D eigenvalue weighted by atomic mass is 32.2. The summed E-state index contributed by atoms with van der Waals surface area (Å²) in [6.07, 6.45) is 1.82. The van der Waals surface area contributed by atoms with Crippen LogP contribution in [0.4, 0.5) is 0 Å². The number of carbonyl (C=O) groups is 4. The molecule has 25 heavy (non-hydrogen) atoms. The molecule has 144 valence electrons. The van der Waals surface area contributed by atoms with Crippen LogP contribution in [0.5, 0.6) is 0 Å². The zero-order valence-corrected chi connectivity index (χ0v) is 15.5. The van der Waals surface area contributed by atoms with E-state index in [1.807, 2.05) is 6.26 Å². The van der Waals surface area contributed by atoms with Crippen molar-refractivity contribution in [3.05, 3.63) is 0 Å². The highest BCUT2D eigenvalue weighted by Gasteiger charge is 2.29. The molecular formula is C15H27N3O6S. The van der Waals surface area contributed by atoms with E-state index in [1.54, 1.807) is 13.8 Å². The average molecular weight is 377 g/mol. The maximum absolute atomic E-state index is 12.4. The number of hydrogen-bond donors (Lipinski definition) is 5. The first-order valence-electron chi connectivity index (χ1n) is 7.90. The quantitative estimate of drug-likeness (QED) is 0.308. The summed E-state index contributed by atoms with van der Waals surface area (Å²) in [5.74, 6) is -3.22. The number of carboxylic acid groups (broad SMARTS) is 2. The van der Waals surface area contributed by atoms with Gasteiger partial charge in [0.2, 0.25) is 11.8 Å². The van der Waals surface area contributed by atoms with Crippen LogP contribution in [-0.4, -0.2) is 64.1 Å². The molecule has 3 atom stereocenters. The number of aliphatic carboxylic acids is 2. The van der Waals surface area contributed by atoms with Crippen LogP contribution >= 0.6 is 11.8 Å². The number of thioether (sulfide) groups is 1. The maximum atomic E-state index is 12.4. The Morgan fingerprint density at radius 1 is 1.04 bits per heavy atom. The molecule has 0 spiro atoms. The maximum Gasteiger partial charge on any atom is 0.326 e. The van der Waals surface area contributed by atoms with Gasteiger partial charge in [-0.3, -0.25) is 14.4 Å². The Balaban J connectivity index is 4.92. The first-order chi connectivity index (χ1) is 11.6. The Morgan fingerprint density at radius 2 is 1.64 bits per heavy atom. The zero-order chi connectivity index (χ0) is 19.6. The molecule has 6 N–H and O–H groups in total. The van der Waals surface area contributed by atoms with Crippen molar-refractivity contribution in [2.45, 2.75) is 51.2 Å². The standard InChI is InChI=1S/C15H27N3O6S/c1-8(2)12(15(23)24)18-14(22)10(6-7-25-3)17-13(21)9(16)4-5-11(19)20/h8-10,12H,4-7,16H2,1-3H3,(H,17,21)(H,18,22)(H,19,20)(H,23,24). The summed E-state index contributed by atoms with van der Waals surface area (Å²) in [6.45, 7) is 3.33. The van der Waals surface area contributed by atoms with Crippen LogP contribution in [0.25, 0.3) is 0 Å². The van der Waals surface area contributed by atoms with Gasteiger partial charge >= 0.3 is 11.9 Å². The summed E-state index contributed by atoms with van der Waals surface area (Å²) >= 11 is 1.47. The second kappa shape index (κ2) is 11.7. The number of carbonyl (C=O) groups excluding carboxylic acids is 2. The molecule has 3 unspecified atom stereocenters. The fraction of sp³-hybridized carbons (Fsp3) is 0.733. The van der Waals surface area contributed by atoms with E-state index in [0.717, 1.165) is 0 Å². The van der Waals surface area contributed by atoms with Gasteiger partial charge in [0.25, 0.3) is 0 Å². The van der Waals surface area contributed by atoms with Gasteiger partial charge in [-0.15, -0.1) is 0 Å². The van der Waals surface area contributed by atoms with Gasteiger partial charge in [-0.1, -0.05) is 13.8 Å². The van der Waals surface area contributed by atoms with E-state index in [1.165, 1.54) is 11.8 Å². The summed E-state index contributed by atoms with van der Waals surface area (Å²) in [6, 6.07) is -3.06. The third kappa shape index (κ3) is 9.30. The summed E-state index contributed by atoms with van der Waals surface area (Å²) in [5.41, 5.74) is 5.63. The van der Waals surface area contributed by atoms with Crippen LogP contribution in [0.2, 0.25) is 0 Å². The molecule has 10 heteroatoms. The molecule has 0 aromatic rings. The van der Waals surface area contributed by atoms with Crippen LogP contribution in [0.15, 0.2) is 0 Å². The Kier molecular flexibility index (Phi) is 10.8. The van der Waals surface area contributed by atoms with Crippen LogP contribution in [0, 0.1) is 5.92 Å². The van der Waals surface area contributed by atoms with Gasteiger partial charge in [0, 0.05) is 6.42 Å². The highest BCUT2D eigenvalue weighted by molar-refractivity contribution is 7.98. The smallest absolute Gasteiger partial charge is 0.326 e. The molecule has 0 rings (SSSR count). The largest absolute Gasteiger partial charge is 0.481 e. The Hall–Kier alpha value is -1.81. The van der Waals surface area contributed by atoms with Crippen LogP contribution in [0.3, 0.4) is 0 Å². The van der Waals surface area contributed by atoms with Gasteiger partial charge in [0.05, 0.1) is 6.04 Å². The van der Waals surface area contributed by atoms with E-state index in [2.05, 4.69) is 10.6 Å². The predicted molar refractivity (Wildman–Crippen MR) is 94.2 cm³/mol. The molecule has 0 aliphatic heterocycles.